The molecule has 2 aliphatic rings. The lowest BCUT2D eigenvalue weighted by molar-refractivity contribution is -0.384. The first-order chi connectivity index (χ1) is 14.9. The first-order valence-electron chi connectivity index (χ1n) is 10.4. The van der Waals surface area contributed by atoms with E-state index in [1.165, 1.54) is 16.4 Å². The number of hydrogen-bond donors (Lipinski definition) is 1. The van der Waals surface area contributed by atoms with E-state index in [1.807, 2.05) is 18.2 Å². The van der Waals surface area contributed by atoms with Crippen molar-refractivity contribution in [3.63, 3.8) is 0 Å². The van der Waals surface area contributed by atoms with Crippen LogP contribution in [0, 0.1) is 10.1 Å². The molecule has 2 aliphatic heterocycles. The zero-order valence-electron chi connectivity index (χ0n) is 17.0. The average Bonchev–Trinajstić information content (AvgIpc) is 3.07. The summed E-state index contributed by atoms with van der Waals surface area (Å²) in [6.45, 7) is 1.46. The van der Waals surface area contributed by atoms with Gasteiger partial charge in [0.15, 0.2) is 11.5 Å². The lowest BCUT2D eigenvalue weighted by Gasteiger charge is -2.26. The van der Waals surface area contributed by atoms with Crippen LogP contribution in [0.3, 0.4) is 0 Å². The predicted octanol–water partition coefficient (Wildman–Crippen LogP) is 3.41. The minimum atomic E-state index is -3.77. The maximum absolute atomic E-state index is 13.0. The maximum atomic E-state index is 13.0. The Labute approximate surface area is 181 Å². The topological polar surface area (TPSA) is 111 Å². The van der Waals surface area contributed by atoms with Crippen molar-refractivity contribution in [1.82, 2.24) is 4.31 Å². The van der Waals surface area contributed by atoms with Gasteiger partial charge in [-0.25, -0.2) is 8.42 Å². The van der Waals surface area contributed by atoms with Gasteiger partial charge in [0.2, 0.25) is 10.0 Å². The molecular formula is C21H25N3O6S. The Balaban J connectivity index is 1.49. The summed E-state index contributed by atoms with van der Waals surface area (Å²) in [6.07, 6.45) is 3.25. The molecule has 0 spiro atoms. The van der Waals surface area contributed by atoms with Crippen molar-refractivity contribution < 1.29 is 22.8 Å². The molecule has 1 saturated heterocycles. The maximum Gasteiger partial charge on any atom is 0.293 e. The van der Waals surface area contributed by atoms with Crippen LogP contribution in [0.1, 0.15) is 25.7 Å². The summed E-state index contributed by atoms with van der Waals surface area (Å²) in [7, 11) is -3.77. The lowest BCUT2D eigenvalue weighted by atomic mass is 10.2. The van der Waals surface area contributed by atoms with Crippen molar-refractivity contribution in [1.29, 1.82) is 0 Å². The standard InChI is InChI=1S/C21H25N3O6S/c25-24(26)19-13-17(31(27,28)23-11-5-1-2-6-12-23)9-10-18(19)22-14-16-15-29-20-7-3-4-8-21(20)30-16/h3-4,7-10,13,16,22H,1-2,5-6,11-12,14-15H2/t16-/m0/s1. The van der Waals surface area contributed by atoms with Gasteiger partial charge < -0.3 is 14.8 Å². The summed E-state index contributed by atoms with van der Waals surface area (Å²) in [6, 6.07) is 11.3. The fourth-order valence-corrected chi connectivity index (χ4v) is 5.33. The summed E-state index contributed by atoms with van der Waals surface area (Å²) >= 11 is 0. The Bertz CT molecular complexity index is 1050. The molecule has 1 N–H and O–H groups in total. The molecule has 2 heterocycles. The van der Waals surface area contributed by atoms with E-state index in [4.69, 9.17) is 9.47 Å². The zero-order valence-corrected chi connectivity index (χ0v) is 17.8. The van der Waals surface area contributed by atoms with Gasteiger partial charge in [0.25, 0.3) is 5.69 Å². The van der Waals surface area contributed by atoms with Crippen molar-refractivity contribution in [2.24, 2.45) is 0 Å². The van der Waals surface area contributed by atoms with Crippen molar-refractivity contribution >= 4 is 21.4 Å². The second-order valence-corrected chi connectivity index (χ2v) is 9.57. The second-order valence-electron chi connectivity index (χ2n) is 7.63. The highest BCUT2D eigenvalue weighted by Crippen LogP contribution is 2.32. The van der Waals surface area contributed by atoms with Gasteiger partial charge in [-0.15, -0.1) is 0 Å². The van der Waals surface area contributed by atoms with E-state index >= 15 is 0 Å². The number of benzene rings is 2. The predicted molar refractivity (Wildman–Crippen MR) is 115 cm³/mol. The molecule has 4 rings (SSSR count). The molecular weight excluding hydrogens is 422 g/mol. The highest BCUT2D eigenvalue weighted by atomic mass is 32.2. The molecule has 0 aromatic heterocycles. The number of ether oxygens (including phenoxy) is 2. The molecule has 0 saturated carbocycles. The molecule has 2 aromatic rings. The van der Waals surface area contributed by atoms with Crippen LogP contribution in [0.5, 0.6) is 11.5 Å². The Hall–Kier alpha value is -2.85. The second kappa shape index (κ2) is 9.11. The third-order valence-corrected chi connectivity index (χ3v) is 7.35. The Morgan fingerprint density at radius 1 is 1.06 bits per heavy atom. The highest BCUT2D eigenvalue weighted by molar-refractivity contribution is 7.89. The molecule has 2 aromatic carbocycles. The molecule has 0 aliphatic carbocycles. The SMILES string of the molecule is O=[N+]([O-])c1cc(S(=O)(=O)N2CCCCCC2)ccc1NC[C@H]1COc2ccccc2O1. The van der Waals surface area contributed by atoms with Crippen LogP contribution in [0.25, 0.3) is 0 Å². The fraction of sp³-hybridized carbons (Fsp3) is 0.429. The Morgan fingerprint density at radius 2 is 1.77 bits per heavy atom. The van der Waals surface area contributed by atoms with Crippen molar-refractivity contribution in [2.75, 3.05) is 31.6 Å². The van der Waals surface area contributed by atoms with Crippen LogP contribution >= 0.6 is 0 Å². The minimum absolute atomic E-state index is 0.0576. The molecule has 9 nitrogen and oxygen atoms in total. The van der Waals surface area contributed by atoms with Gasteiger partial charge in [0, 0.05) is 19.2 Å². The first kappa shape index (κ1) is 21.4. The van der Waals surface area contributed by atoms with E-state index in [-0.39, 0.29) is 28.9 Å². The number of anilines is 1. The number of nitro groups is 1. The number of nitrogens with zero attached hydrogens (tertiary/aromatic N) is 2. The average molecular weight is 448 g/mol. The number of para-hydroxylation sites is 2. The van der Waals surface area contributed by atoms with Crippen molar-refractivity contribution in [3.8, 4) is 11.5 Å². The molecule has 0 radical (unpaired) electrons. The van der Waals surface area contributed by atoms with Crippen molar-refractivity contribution in [3.05, 3.63) is 52.6 Å². The van der Waals surface area contributed by atoms with Gasteiger partial charge in [0.1, 0.15) is 18.4 Å². The minimum Gasteiger partial charge on any atom is -0.486 e. The normalized spacial score (nSPS) is 19.4. The molecule has 31 heavy (non-hydrogen) atoms. The summed E-state index contributed by atoms with van der Waals surface area (Å²) in [5, 5.41) is 14.7. The van der Waals surface area contributed by atoms with Crippen LogP contribution in [-0.2, 0) is 10.0 Å². The largest absolute Gasteiger partial charge is 0.486 e. The molecule has 0 bridgehead atoms. The summed E-state index contributed by atoms with van der Waals surface area (Å²) < 4.78 is 38.9. The summed E-state index contributed by atoms with van der Waals surface area (Å²) in [5.74, 6) is 1.28. The first-order valence-corrected chi connectivity index (χ1v) is 11.8. The zero-order chi connectivity index (χ0) is 21.8. The van der Waals surface area contributed by atoms with Crippen LogP contribution < -0.4 is 14.8 Å². The lowest BCUT2D eigenvalue weighted by Crippen LogP contribution is -2.35. The quantitative estimate of drug-likeness (QED) is 0.533. The Morgan fingerprint density at radius 3 is 2.48 bits per heavy atom. The van der Waals surface area contributed by atoms with Crippen molar-refractivity contribution in [2.45, 2.75) is 36.7 Å². The van der Waals surface area contributed by atoms with Gasteiger partial charge in [0.05, 0.1) is 16.4 Å². The van der Waals surface area contributed by atoms with E-state index in [0.29, 0.717) is 31.2 Å². The molecule has 1 atom stereocenters. The van der Waals surface area contributed by atoms with Crippen LogP contribution in [0.2, 0.25) is 0 Å². The van der Waals surface area contributed by atoms with E-state index in [9.17, 15) is 18.5 Å². The number of rotatable bonds is 6. The third kappa shape index (κ3) is 4.75. The number of hydrogen-bond acceptors (Lipinski definition) is 7. The Kier molecular flexibility index (Phi) is 6.28. The molecule has 166 valence electrons. The fourth-order valence-electron chi connectivity index (χ4n) is 3.79. The molecule has 0 amide bonds. The van der Waals surface area contributed by atoms with E-state index in [1.54, 1.807) is 6.07 Å². The molecule has 1 fully saturated rings. The van der Waals surface area contributed by atoms with Gasteiger partial charge >= 0.3 is 0 Å². The highest BCUT2D eigenvalue weighted by Gasteiger charge is 2.28. The van der Waals surface area contributed by atoms with Gasteiger partial charge in [-0.1, -0.05) is 25.0 Å². The number of sulfonamides is 1. The van der Waals surface area contributed by atoms with E-state index < -0.39 is 14.9 Å². The monoisotopic (exact) mass is 447 g/mol. The molecule has 10 heteroatoms. The number of nitrogens with one attached hydrogen (secondary N) is 1. The van der Waals surface area contributed by atoms with Crippen LogP contribution in [0.4, 0.5) is 11.4 Å². The van der Waals surface area contributed by atoms with Gasteiger partial charge in [-0.2, -0.15) is 4.31 Å². The van der Waals surface area contributed by atoms with E-state index in [2.05, 4.69) is 5.32 Å². The van der Waals surface area contributed by atoms with Gasteiger partial charge in [-0.05, 0) is 37.1 Å². The van der Waals surface area contributed by atoms with Crippen LogP contribution in [0.15, 0.2) is 47.4 Å². The number of fused-ring (bicyclic) bond motifs is 1. The number of nitro benzene ring substituents is 1. The van der Waals surface area contributed by atoms with Crippen LogP contribution in [-0.4, -0.2) is 50.0 Å². The van der Waals surface area contributed by atoms with Gasteiger partial charge in [-0.3, -0.25) is 10.1 Å². The summed E-state index contributed by atoms with van der Waals surface area (Å²) in [5.41, 5.74) is -0.0460. The smallest absolute Gasteiger partial charge is 0.293 e. The van der Waals surface area contributed by atoms with E-state index in [0.717, 1.165) is 31.7 Å². The third-order valence-electron chi connectivity index (χ3n) is 5.46. The molecule has 0 unspecified atom stereocenters. The summed E-state index contributed by atoms with van der Waals surface area (Å²) in [4.78, 5) is 11.0.